The Morgan fingerprint density at radius 3 is 2.76 bits per heavy atom. The molecule has 3 heterocycles. The van der Waals surface area contributed by atoms with Crippen molar-refractivity contribution in [2.75, 3.05) is 19.6 Å². The van der Waals surface area contributed by atoms with Crippen LogP contribution in [0.4, 0.5) is 0 Å². The predicted molar refractivity (Wildman–Crippen MR) is 125 cm³/mol. The highest BCUT2D eigenvalue weighted by Gasteiger charge is 2.50. The van der Waals surface area contributed by atoms with Gasteiger partial charge in [-0.05, 0) is 62.1 Å². The molecule has 1 saturated heterocycles. The van der Waals surface area contributed by atoms with E-state index in [0.717, 1.165) is 48.2 Å². The fourth-order valence-electron chi connectivity index (χ4n) is 4.70. The molecule has 2 aromatic rings. The first kappa shape index (κ1) is 22.2. The zero-order chi connectivity index (χ0) is 20.9. The maximum atomic E-state index is 6.16. The van der Waals surface area contributed by atoms with E-state index >= 15 is 0 Å². The van der Waals surface area contributed by atoms with Gasteiger partial charge in [-0.2, -0.15) is 0 Å². The van der Waals surface area contributed by atoms with Crippen LogP contribution in [0.3, 0.4) is 0 Å². The lowest BCUT2D eigenvalue weighted by atomic mass is 9.58. The molecular weight excluding hydrogens is 400 g/mol. The first-order chi connectivity index (χ1) is 14.1. The number of hydrogen-bond donors (Lipinski definition) is 2. The average Bonchev–Trinajstić information content (AvgIpc) is 3.02. The summed E-state index contributed by atoms with van der Waals surface area (Å²) < 4.78 is 4.25. The second-order valence-corrected chi connectivity index (χ2v) is 9.21. The first-order valence-corrected chi connectivity index (χ1v) is 11.1. The fraction of sp³-hybridized carbons (Fsp3) is 0.522. The van der Waals surface area contributed by atoms with Crippen LogP contribution in [0, 0.1) is 24.2 Å². The highest BCUT2D eigenvalue weighted by molar-refractivity contribution is 7.77. The summed E-state index contributed by atoms with van der Waals surface area (Å²) in [6.45, 7) is 6.33. The average molecular weight is 431 g/mol. The van der Waals surface area contributed by atoms with Crippen LogP contribution in [0.2, 0.25) is 5.02 Å². The zero-order valence-electron chi connectivity index (χ0n) is 17.1. The Morgan fingerprint density at radius 2 is 2.07 bits per heavy atom. The van der Waals surface area contributed by atoms with Gasteiger partial charge in [0.05, 0.1) is 16.4 Å². The molecule has 29 heavy (non-hydrogen) atoms. The monoisotopic (exact) mass is 430 g/mol. The van der Waals surface area contributed by atoms with E-state index in [4.69, 9.17) is 16.6 Å². The minimum absolute atomic E-state index is 0.635. The molecule has 0 amide bonds. The Hall–Kier alpha value is -1.45. The number of nitrogens with zero attached hydrogens (tertiary/aromatic N) is 3. The van der Waals surface area contributed by atoms with E-state index in [1.807, 2.05) is 18.3 Å². The molecule has 1 N–H and O–H groups in total. The predicted octanol–water partition coefficient (Wildman–Crippen LogP) is 4.78. The smallest absolute Gasteiger partial charge is 0.137 e. The Kier molecular flexibility index (Phi) is 7.70. The van der Waals surface area contributed by atoms with Crippen LogP contribution in [0.15, 0.2) is 30.5 Å². The molecule has 1 spiro atoms. The maximum Gasteiger partial charge on any atom is 0.137 e. The van der Waals surface area contributed by atoms with Crippen LogP contribution >= 0.6 is 24.4 Å². The number of imidazole rings is 1. The van der Waals surface area contributed by atoms with Crippen molar-refractivity contribution < 1.29 is 0 Å². The molecule has 0 radical (unpaired) electrons. The number of rotatable bonds is 8. The van der Waals surface area contributed by atoms with E-state index in [1.54, 1.807) is 0 Å². The molecule has 0 atom stereocenters. The Labute approximate surface area is 185 Å². The second kappa shape index (κ2) is 10.0. The molecule has 0 unspecified atom stereocenters. The number of nitrogens with one attached hydrogen (secondary N) is 1. The lowest BCUT2D eigenvalue weighted by Crippen LogP contribution is -2.58. The number of halogens is 1. The highest BCUT2D eigenvalue weighted by Crippen LogP contribution is 2.53. The van der Waals surface area contributed by atoms with Crippen molar-refractivity contribution in [3.05, 3.63) is 46.9 Å². The summed E-state index contributed by atoms with van der Waals surface area (Å²) in [5, 5.41) is 4.30. The third-order valence-corrected chi connectivity index (χ3v) is 6.50. The number of allylic oxidation sites excluding steroid dienone is 1. The molecule has 6 heteroatoms. The molecule has 1 aliphatic carbocycles. The lowest BCUT2D eigenvalue weighted by Gasteiger charge is -2.57. The minimum atomic E-state index is 0.635. The van der Waals surface area contributed by atoms with Crippen molar-refractivity contribution in [2.45, 2.75) is 45.6 Å². The molecule has 2 fully saturated rings. The van der Waals surface area contributed by atoms with Crippen molar-refractivity contribution in [3.63, 3.8) is 0 Å². The van der Waals surface area contributed by atoms with Gasteiger partial charge in [-0.25, -0.2) is 4.98 Å². The van der Waals surface area contributed by atoms with Crippen LogP contribution in [0.1, 0.15) is 44.0 Å². The van der Waals surface area contributed by atoms with Gasteiger partial charge < -0.3 is 9.72 Å². The van der Waals surface area contributed by atoms with Gasteiger partial charge in [0.25, 0.3) is 0 Å². The van der Waals surface area contributed by atoms with Crippen molar-refractivity contribution in [3.8, 4) is 12.8 Å². The number of pyridine rings is 1. The summed E-state index contributed by atoms with van der Waals surface area (Å²) in [7, 11) is 0. The number of fused-ring (bicyclic) bond motifs is 1. The summed E-state index contributed by atoms with van der Waals surface area (Å²) in [4.78, 5) is 4.71. The van der Waals surface area contributed by atoms with Crippen LogP contribution in [-0.2, 0) is 13.0 Å². The van der Waals surface area contributed by atoms with E-state index in [0.29, 0.717) is 5.41 Å². The molecule has 1 saturated carbocycles. The number of hydrogen-bond acceptors (Lipinski definition) is 4. The van der Waals surface area contributed by atoms with E-state index in [-0.39, 0.29) is 0 Å². The number of aryl methyl sites for hydroxylation is 1. The summed E-state index contributed by atoms with van der Waals surface area (Å²) >= 11 is 10.6. The Bertz CT molecular complexity index is 858. The van der Waals surface area contributed by atoms with Gasteiger partial charge in [-0.3, -0.25) is 4.31 Å². The summed E-state index contributed by atoms with van der Waals surface area (Å²) in [5.41, 5.74) is 3.97. The summed E-state index contributed by atoms with van der Waals surface area (Å²) in [5.74, 6) is 0.895. The number of thiol groups is 1. The summed E-state index contributed by atoms with van der Waals surface area (Å²) in [6, 6.07) is 3.88. The van der Waals surface area contributed by atoms with Gasteiger partial charge >= 0.3 is 0 Å². The highest BCUT2D eigenvalue weighted by atomic mass is 35.5. The molecular formula is C23H31ClN4S. The minimum Gasteiger partial charge on any atom is -0.311 e. The van der Waals surface area contributed by atoms with Gasteiger partial charge in [0.2, 0.25) is 0 Å². The van der Waals surface area contributed by atoms with Crippen LogP contribution in [0.5, 0.6) is 0 Å². The van der Waals surface area contributed by atoms with Crippen molar-refractivity contribution in [2.24, 2.45) is 11.3 Å². The molecule has 1 aliphatic heterocycles. The third-order valence-electron chi connectivity index (χ3n) is 5.99. The maximum absolute atomic E-state index is 6.16. The molecule has 4 rings (SSSR count). The van der Waals surface area contributed by atoms with Gasteiger partial charge in [0.1, 0.15) is 5.65 Å². The van der Waals surface area contributed by atoms with E-state index < -0.39 is 0 Å². The van der Waals surface area contributed by atoms with Gasteiger partial charge in [-0.1, -0.05) is 43.5 Å². The van der Waals surface area contributed by atoms with Gasteiger partial charge in [-0.15, -0.1) is 12.8 Å². The van der Waals surface area contributed by atoms with Crippen molar-refractivity contribution >= 4 is 30.1 Å². The topological polar surface area (TPSA) is 32.6 Å². The van der Waals surface area contributed by atoms with Crippen molar-refractivity contribution in [1.29, 1.82) is 0 Å². The first-order valence-electron chi connectivity index (χ1n) is 10.4. The largest absolute Gasteiger partial charge is 0.311 e. The quantitative estimate of drug-likeness (QED) is 0.273. The van der Waals surface area contributed by atoms with Crippen LogP contribution in [-0.4, -0.2) is 33.3 Å². The molecule has 2 aromatic heterocycles. The fourth-order valence-corrected chi connectivity index (χ4v) is 5.46. The third kappa shape index (κ3) is 5.19. The zero-order valence-corrected chi connectivity index (χ0v) is 18.8. The van der Waals surface area contributed by atoms with Crippen LogP contribution in [0.25, 0.3) is 5.65 Å². The van der Waals surface area contributed by atoms with Crippen LogP contribution < -0.4 is 5.32 Å². The van der Waals surface area contributed by atoms with E-state index in [1.165, 1.54) is 38.0 Å². The Morgan fingerprint density at radius 1 is 1.31 bits per heavy atom. The van der Waals surface area contributed by atoms with Gasteiger partial charge in [0.15, 0.2) is 0 Å². The summed E-state index contributed by atoms with van der Waals surface area (Å²) in [6.07, 6.45) is 20.7. The second-order valence-electron chi connectivity index (χ2n) is 8.20. The molecule has 4 nitrogen and oxygen atoms in total. The molecule has 0 bridgehead atoms. The normalized spacial score (nSPS) is 18.5. The van der Waals surface area contributed by atoms with Crippen molar-refractivity contribution in [1.82, 2.24) is 19.0 Å². The van der Waals surface area contributed by atoms with Gasteiger partial charge in [0, 0.05) is 25.8 Å². The molecule has 156 valence electrons. The standard InChI is InChI=1S/C21H29ClN4S.C2H2/c1-2-18-19(26-13-17(22)7-8-20(26)24-18)12-23-9-5-3-4-6-16-10-21(11-16)14-25(27)15-21;1-2/h3-4,7-8,13,16,23,27H,2,5-6,9-12,14-15H2,1H3;1-2H/b4-3-;. The van der Waals surface area contributed by atoms with E-state index in [9.17, 15) is 0 Å². The SMILES string of the molecule is C#C.CCc1nc2ccc(Cl)cn2c1CNCC/C=C\CC1CC2(C1)CN(S)C2. The van der Waals surface area contributed by atoms with E-state index in [2.05, 4.69) is 58.8 Å². The number of terminal acetylenes is 1. The molecule has 2 aliphatic rings. The molecule has 0 aromatic carbocycles. The lowest BCUT2D eigenvalue weighted by molar-refractivity contribution is -0.0454. The number of aromatic nitrogens is 2. The Balaban J connectivity index is 0.00000117.